The number of Topliss-reactive ketones (excluding diaryl/α,β-unsaturated/α-hetero) is 1. The van der Waals surface area contributed by atoms with Crippen LogP contribution in [0.1, 0.15) is 6.92 Å². The SMILES string of the molecule is C=COCC(C)=O. The van der Waals surface area contributed by atoms with E-state index in [4.69, 9.17) is 0 Å². The standard InChI is InChI=1S/C5H8O2/c1-3-7-4-5(2)6/h3H,1,4H2,2H3. The Morgan fingerprint density at radius 3 is 2.71 bits per heavy atom. The molecular formula is C5H8O2. The summed E-state index contributed by atoms with van der Waals surface area (Å²) in [6, 6.07) is 0. The van der Waals surface area contributed by atoms with Crippen LogP contribution in [0, 0.1) is 0 Å². The molecule has 40 valence electrons. The monoisotopic (exact) mass is 100 g/mol. The minimum atomic E-state index is 0.0138. The van der Waals surface area contributed by atoms with Gasteiger partial charge in [-0.1, -0.05) is 6.58 Å². The molecule has 0 fully saturated rings. The Morgan fingerprint density at radius 2 is 2.57 bits per heavy atom. The zero-order chi connectivity index (χ0) is 5.70. The number of hydrogen-bond donors (Lipinski definition) is 0. The van der Waals surface area contributed by atoms with Gasteiger partial charge in [0.1, 0.15) is 6.61 Å². The Morgan fingerprint density at radius 1 is 2.00 bits per heavy atom. The van der Waals surface area contributed by atoms with E-state index in [1.165, 1.54) is 13.2 Å². The van der Waals surface area contributed by atoms with Crippen molar-refractivity contribution in [2.75, 3.05) is 6.61 Å². The lowest BCUT2D eigenvalue weighted by Crippen LogP contribution is -1.98. The summed E-state index contributed by atoms with van der Waals surface area (Å²) >= 11 is 0. The van der Waals surface area contributed by atoms with Crippen molar-refractivity contribution in [1.29, 1.82) is 0 Å². The van der Waals surface area contributed by atoms with Gasteiger partial charge in [0, 0.05) is 0 Å². The molecule has 2 heteroatoms. The summed E-state index contributed by atoms with van der Waals surface area (Å²) in [5.41, 5.74) is 0. The molecule has 0 saturated carbocycles. The highest BCUT2D eigenvalue weighted by Crippen LogP contribution is 1.72. The first-order valence-corrected chi connectivity index (χ1v) is 1.99. The van der Waals surface area contributed by atoms with Crippen LogP contribution in [0.5, 0.6) is 0 Å². The Kier molecular flexibility index (Phi) is 3.02. The molecule has 0 saturated heterocycles. The second-order valence-electron chi connectivity index (χ2n) is 1.18. The minimum absolute atomic E-state index is 0.0138. The van der Waals surface area contributed by atoms with Crippen molar-refractivity contribution in [3.63, 3.8) is 0 Å². The van der Waals surface area contributed by atoms with Gasteiger partial charge in [-0.2, -0.15) is 0 Å². The first-order valence-electron chi connectivity index (χ1n) is 1.99. The van der Waals surface area contributed by atoms with Gasteiger partial charge in [0.15, 0.2) is 5.78 Å². The third kappa shape index (κ3) is 5.21. The summed E-state index contributed by atoms with van der Waals surface area (Å²) < 4.78 is 4.51. The summed E-state index contributed by atoms with van der Waals surface area (Å²) in [6.45, 7) is 4.86. The van der Waals surface area contributed by atoms with Crippen LogP contribution in [0.15, 0.2) is 12.8 Å². The summed E-state index contributed by atoms with van der Waals surface area (Å²) in [5.74, 6) is 0.0138. The second-order valence-corrected chi connectivity index (χ2v) is 1.18. The average molecular weight is 100 g/mol. The molecule has 0 bridgehead atoms. The number of carbonyl (C=O) groups excluding carboxylic acids is 1. The summed E-state index contributed by atoms with van der Waals surface area (Å²) in [5, 5.41) is 0. The fourth-order valence-electron chi connectivity index (χ4n) is 0.176. The maximum Gasteiger partial charge on any atom is 0.167 e. The largest absolute Gasteiger partial charge is 0.494 e. The Labute approximate surface area is 42.8 Å². The van der Waals surface area contributed by atoms with E-state index in [-0.39, 0.29) is 12.4 Å². The molecule has 7 heavy (non-hydrogen) atoms. The van der Waals surface area contributed by atoms with Crippen molar-refractivity contribution in [1.82, 2.24) is 0 Å². The van der Waals surface area contributed by atoms with Crippen molar-refractivity contribution in [2.45, 2.75) is 6.92 Å². The molecule has 0 amide bonds. The fraction of sp³-hybridized carbons (Fsp3) is 0.400. The lowest BCUT2D eigenvalue weighted by Gasteiger charge is -1.90. The van der Waals surface area contributed by atoms with Gasteiger partial charge in [-0.05, 0) is 6.92 Å². The molecule has 0 atom stereocenters. The van der Waals surface area contributed by atoms with Crippen molar-refractivity contribution in [2.24, 2.45) is 0 Å². The number of rotatable bonds is 3. The molecule has 0 radical (unpaired) electrons. The molecule has 0 aromatic heterocycles. The Bertz CT molecular complexity index is 76.1. The normalized spacial score (nSPS) is 7.57. The van der Waals surface area contributed by atoms with Crippen LogP contribution < -0.4 is 0 Å². The molecule has 0 N–H and O–H groups in total. The minimum Gasteiger partial charge on any atom is -0.494 e. The Hall–Kier alpha value is -0.790. The highest BCUT2D eigenvalue weighted by Gasteiger charge is 1.85. The molecule has 0 aliphatic rings. The lowest BCUT2D eigenvalue weighted by molar-refractivity contribution is -0.119. The summed E-state index contributed by atoms with van der Waals surface area (Å²) in [7, 11) is 0. The van der Waals surface area contributed by atoms with E-state index < -0.39 is 0 Å². The molecule has 0 aromatic rings. The molecule has 2 nitrogen and oxygen atoms in total. The molecule has 0 heterocycles. The van der Waals surface area contributed by atoms with Crippen LogP contribution >= 0.6 is 0 Å². The predicted octanol–water partition coefficient (Wildman–Crippen LogP) is 0.735. The van der Waals surface area contributed by atoms with Crippen LogP contribution in [0.25, 0.3) is 0 Å². The number of ketones is 1. The topological polar surface area (TPSA) is 26.3 Å². The number of carbonyl (C=O) groups is 1. The predicted molar refractivity (Wildman–Crippen MR) is 26.8 cm³/mol. The fourth-order valence-corrected chi connectivity index (χ4v) is 0.176. The number of hydrogen-bond acceptors (Lipinski definition) is 2. The van der Waals surface area contributed by atoms with Gasteiger partial charge in [-0.15, -0.1) is 0 Å². The highest BCUT2D eigenvalue weighted by atomic mass is 16.5. The Balaban J connectivity index is 2.97. The third-order valence-electron chi connectivity index (χ3n) is 0.404. The molecule has 0 aromatic carbocycles. The maximum atomic E-state index is 10.0. The smallest absolute Gasteiger partial charge is 0.167 e. The van der Waals surface area contributed by atoms with Crippen molar-refractivity contribution in [3.05, 3.63) is 12.8 Å². The van der Waals surface area contributed by atoms with Crippen LogP contribution in [0.3, 0.4) is 0 Å². The molecule has 0 spiro atoms. The van der Waals surface area contributed by atoms with E-state index in [0.29, 0.717) is 0 Å². The number of ether oxygens (including phenoxy) is 1. The van der Waals surface area contributed by atoms with Gasteiger partial charge in [-0.25, -0.2) is 0 Å². The molecule has 0 unspecified atom stereocenters. The summed E-state index contributed by atoms with van der Waals surface area (Å²) in [4.78, 5) is 10.0. The average Bonchev–Trinajstić information content (AvgIpc) is 1.61. The first kappa shape index (κ1) is 6.21. The van der Waals surface area contributed by atoms with Crippen LogP contribution in [-0.4, -0.2) is 12.4 Å². The van der Waals surface area contributed by atoms with E-state index in [1.807, 2.05) is 0 Å². The van der Waals surface area contributed by atoms with Gasteiger partial charge in [0.25, 0.3) is 0 Å². The van der Waals surface area contributed by atoms with E-state index in [0.717, 1.165) is 0 Å². The molecule has 0 rings (SSSR count). The van der Waals surface area contributed by atoms with Crippen molar-refractivity contribution >= 4 is 5.78 Å². The van der Waals surface area contributed by atoms with E-state index in [9.17, 15) is 4.79 Å². The van der Waals surface area contributed by atoms with Crippen LogP contribution in [0.2, 0.25) is 0 Å². The van der Waals surface area contributed by atoms with Gasteiger partial charge >= 0.3 is 0 Å². The van der Waals surface area contributed by atoms with E-state index in [1.54, 1.807) is 0 Å². The van der Waals surface area contributed by atoms with Crippen LogP contribution in [0.4, 0.5) is 0 Å². The molecule has 0 aliphatic heterocycles. The second kappa shape index (κ2) is 3.40. The van der Waals surface area contributed by atoms with Gasteiger partial charge in [-0.3, -0.25) is 4.79 Å². The van der Waals surface area contributed by atoms with Gasteiger partial charge in [0.2, 0.25) is 0 Å². The third-order valence-corrected chi connectivity index (χ3v) is 0.404. The van der Waals surface area contributed by atoms with Crippen molar-refractivity contribution in [3.8, 4) is 0 Å². The van der Waals surface area contributed by atoms with Crippen LogP contribution in [-0.2, 0) is 9.53 Å². The maximum absolute atomic E-state index is 10.0. The molecule has 0 aliphatic carbocycles. The van der Waals surface area contributed by atoms with E-state index in [2.05, 4.69) is 11.3 Å². The highest BCUT2D eigenvalue weighted by molar-refractivity contribution is 5.76. The van der Waals surface area contributed by atoms with Gasteiger partial charge in [0.05, 0.1) is 6.26 Å². The quantitative estimate of drug-likeness (QED) is 0.489. The van der Waals surface area contributed by atoms with E-state index >= 15 is 0 Å². The zero-order valence-corrected chi connectivity index (χ0v) is 4.31. The zero-order valence-electron chi connectivity index (χ0n) is 4.31. The van der Waals surface area contributed by atoms with Crippen molar-refractivity contribution < 1.29 is 9.53 Å². The lowest BCUT2D eigenvalue weighted by atomic mass is 10.5. The molecular weight excluding hydrogens is 92.1 g/mol. The van der Waals surface area contributed by atoms with Gasteiger partial charge < -0.3 is 4.74 Å². The first-order chi connectivity index (χ1) is 3.27. The summed E-state index contributed by atoms with van der Waals surface area (Å²) in [6.07, 6.45) is 1.25.